The number of hydrogen-bond donors (Lipinski definition) is 2. The Morgan fingerprint density at radius 2 is 1.78 bits per heavy atom. The van der Waals surface area contributed by atoms with E-state index in [0.717, 1.165) is 52.2 Å². The molecule has 2 heterocycles. The molecule has 2 atom stereocenters. The summed E-state index contributed by atoms with van der Waals surface area (Å²) in [6.45, 7) is 12.1. The van der Waals surface area contributed by atoms with Gasteiger partial charge in [-0.25, -0.2) is 4.79 Å². The second-order valence-corrected chi connectivity index (χ2v) is 7.85. The molecule has 27 heavy (non-hydrogen) atoms. The standard InChI is InChI=1S/C21H34N4O2/c1-3-23-10-12-24(13-11-23)15-19-7-5-4-6-18(19)14-22-21(27)25-9-8-17(2)20(25)16-26/h4-7,17,20,26H,3,8-16H2,1-2H3,(H,22,27). The lowest BCUT2D eigenvalue weighted by Gasteiger charge is -2.34. The fourth-order valence-electron chi connectivity index (χ4n) is 4.20. The summed E-state index contributed by atoms with van der Waals surface area (Å²) in [5.74, 6) is 0.356. The van der Waals surface area contributed by atoms with Crippen molar-refractivity contribution in [1.29, 1.82) is 0 Å². The summed E-state index contributed by atoms with van der Waals surface area (Å²) in [5.41, 5.74) is 2.47. The number of hydrogen-bond acceptors (Lipinski definition) is 4. The zero-order valence-corrected chi connectivity index (χ0v) is 16.7. The number of nitrogens with zero attached hydrogens (tertiary/aromatic N) is 3. The molecule has 6 nitrogen and oxygen atoms in total. The molecule has 0 spiro atoms. The molecule has 0 aromatic heterocycles. The van der Waals surface area contributed by atoms with E-state index in [1.807, 2.05) is 6.07 Å². The molecule has 6 heteroatoms. The molecular weight excluding hydrogens is 340 g/mol. The summed E-state index contributed by atoms with van der Waals surface area (Å²) < 4.78 is 0. The van der Waals surface area contributed by atoms with Gasteiger partial charge in [0.05, 0.1) is 12.6 Å². The molecule has 2 aliphatic rings. The highest BCUT2D eigenvalue weighted by Gasteiger charge is 2.33. The van der Waals surface area contributed by atoms with Crippen LogP contribution in [0.15, 0.2) is 24.3 Å². The lowest BCUT2D eigenvalue weighted by Crippen LogP contribution is -2.46. The maximum atomic E-state index is 12.6. The second kappa shape index (κ2) is 9.53. The fourth-order valence-corrected chi connectivity index (χ4v) is 4.20. The SMILES string of the molecule is CCN1CCN(Cc2ccccc2CNC(=O)N2CCC(C)C2CO)CC1. The average molecular weight is 375 g/mol. The van der Waals surface area contributed by atoms with Crippen LogP contribution in [0.2, 0.25) is 0 Å². The van der Waals surface area contributed by atoms with Crippen molar-refractivity contribution >= 4 is 6.03 Å². The fraction of sp³-hybridized carbons (Fsp3) is 0.667. The van der Waals surface area contributed by atoms with Crippen molar-refractivity contribution in [2.45, 2.75) is 39.4 Å². The highest BCUT2D eigenvalue weighted by atomic mass is 16.3. The first-order chi connectivity index (χ1) is 13.1. The summed E-state index contributed by atoms with van der Waals surface area (Å²) in [4.78, 5) is 19.4. The monoisotopic (exact) mass is 374 g/mol. The van der Waals surface area contributed by atoms with Crippen LogP contribution < -0.4 is 5.32 Å². The van der Waals surface area contributed by atoms with Gasteiger partial charge in [-0.1, -0.05) is 38.1 Å². The topological polar surface area (TPSA) is 59.0 Å². The number of carbonyl (C=O) groups excluding carboxylic acids is 1. The normalized spacial score (nSPS) is 24.3. The molecular formula is C21H34N4O2. The molecule has 1 aromatic rings. The van der Waals surface area contributed by atoms with E-state index < -0.39 is 0 Å². The first-order valence-corrected chi connectivity index (χ1v) is 10.3. The Labute approximate surface area is 163 Å². The Morgan fingerprint density at radius 1 is 1.11 bits per heavy atom. The van der Waals surface area contributed by atoms with Crippen LogP contribution in [0.3, 0.4) is 0 Å². The average Bonchev–Trinajstić information content (AvgIpc) is 3.08. The van der Waals surface area contributed by atoms with Crippen molar-refractivity contribution in [3.8, 4) is 0 Å². The third-order valence-corrected chi connectivity index (χ3v) is 6.18. The van der Waals surface area contributed by atoms with Crippen LogP contribution in [0, 0.1) is 5.92 Å². The number of aliphatic hydroxyl groups is 1. The number of nitrogens with one attached hydrogen (secondary N) is 1. The minimum atomic E-state index is -0.0650. The zero-order valence-electron chi connectivity index (χ0n) is 16.7. The predicted octanol–water partition coefficient (Wildman–Crippen LogP) is 1.74. The second-order valence-electron chi connectivity index (χ2n) is 7.85. The van der Waals surface area contributed by atoms with E-state index in [2.05, 4.69) is 47.2 Å². The summed E-state index contributed by atoms with van der Waals surface area (Å²) in [7, 11) is 0. The van der Waals surface area contributed by atoms with E-state index in [9.17, 15) is 9.90 Å². The van der Waals surface area contributed by atoms with Crippen LogP contribution in [0.1, 0.15) is 31.4 Å². The van der Waals surface area contributed by atoms with Gasteiger partial charge in [-0.05, 0) is 30.0 Å². The number of piperazine rings is 1. The van der Waals surface area contributed by atoms with Crippen LogP contribution in [-0.2, 0) is 13.1 Å². The number of likely N-dealkylation sites (tertiary alicyclic amines) is 1. The Balaban J connectivity index is 1.56. The van der Waals surface area contributed by atoms with Gasteiger partial charge in [0, 0.05) is 45.8 Å². The first-order valence-electron chi connectivity index (χ1n) is 10.3. The molecule has 0 bridgehead atoms. The van der Waals surface area contributed by atoms with E-state index in [4.69, 9.17) is 0 Å². The van der Waals surface area contributed by atoms with Gasteiger partial charge in [-0.15, -0.1) is 0 Å². The maximum absolute atomic E-state index is 12.6. The number of rotatable bonds is 6. The zero-order chi connectivity index (χ0) is 19.2. The van der Waals surface area contributed by atoms with Crippen LogP contribution in [0.5, 0.6) is 0 Å². The largest absolute Gasteiger partial charge is 0.394 e. The Bertz CT molecular complexity index is 616. The van der Waals surface area contributed by atoms with Crippen LogP contribution in [0.4, 0.5) is 4.79 Å². The van der Waals surface area contributed by atoms with Gasteiger partial charge in [0.15, 0.2) is 0 Å². The third-order valence-electron chi connectivity index (χ3n) is 6.18. The number of aliphatic hydroxyl groups excluding tert-OH is 1. The third kappa shape index (κ3) is 5.00. The summed E-state index contributed by atoms with van der Waals surface area (Å²) in [6.07, 6.45) is 0.957. The van der Waals surface area contributed by atoms with Crippen molar-refractivity contribution < 1.29 is 9.90 Å². The number of carbonyl (C=O) groups is 1. The van der Waals surface area contributed by atoms with Crippen molar-refractivity contribution in [1.82, 2.24) is 20.0 Å². The van der Waals surface area contributed by atoms with Gasteiger partial charge >= 0.3 is 6.03 Å². The van der Waals surface area contributed by atoms with Crippen molar-refractivity contribution in [3.63, 3.8) is 0 Å². The van der Waals surface area contributed by atoms with E-state index in [0.29, 0.717) is 12.5 Å². The molecule has 2 unspecified atom stereocenters. The molecule has 2 aliphatic heterocycles. The molecule has 2 amide bonds. The molecule has 0 radical (unpaired) electrons. The summed E-state index contributed by atoms with van der Waals surface area (Å²) in [6, 6.07) is 8.26. The van der Waals surface area contributed by atoms with Crippen LogP contribution in [0.25, 0.3) is 0 Å². The Morgan fingerprint density at radius 3 is 2.44 bits per heavy atom. The van der Waals surface area contributed by atoms with Gasteiger partial charge in [0.2, 0.25) is 0 Å². The van der Waals surface area contributed by atoms with Gasteiger partial charge in [0.25, 0.3) is 0 Å². The van der Waals surface area contributed by atoms with E-state index in [1.54, 1.807) is 4.90 Å². The molecule has 150 valence electrons. The van der Waals surface area contributed by atoms with Crippen LogP contribution in [-0.4, -0.2) is 77.8 Å². The Kier molecular flexibility index (Phi) is 7.10. The molecule has 2 N–H and O–H groups in total. The summed E-state index contributed by atoms with van der Waals surface area (Å²) in [5, 5.41) is 12.6. The molecule has 0 saturated carbocycles. The Hall–Kier alpha value is -1.63. The minimum Gasteiger partial charge on any atom is -0.394 e. The molecule has 0 aliphatic carbocycles. The van der Waals surface area contributed by atoms with Gasteiger partial charge in [-0.3, -0.25) is 4.90 Å². The van der Waals surface area contributed by atoms with Gasteiger partial charge in [0.1, 0.15) is 0 Å². The lowest BCUT2D eigenvalue weighted by molar-refractivity contribution is 0.131. The van der Waals surface area contributed by atoms with Crippen molar-refractivity contribution in [3.05, 3.63) is 35.4 Å². The predicted molar refractivity (Wildman–Crippen MR) is 107 cm³/mol. The van der Waals surface area contributed by atoms with Gasteiger partial charge < -0.3 is 20.2 Å². The van der Waals surface area contributed by atoms with Crippen molar-refractivity contribution in [2.75, 3.05) is 45.9 Å². The number of benzene rings is 1. The van der Waals surface area contributed by atoms with E-state index in [-0.39, 0.29) is 18.7 Å². The first kappa shape index (κ1) is 20.1. The molecule has 1 aromatic carbocycles. The summed E-state index contributed by atoms with van der Waals surface area (Å²) >= 11 is 0. The smallest absolute Gasteiger partial charge is 0.318 e. The highest BCUT2D eigenvalue weighted by Crippen LogP contribution is 2.23. The number of urea groups is 1. The molecule has 2 saturated heterocycles. The molecule has 2 fully saturated rings. The lowest BCUT2D eigenvalue weighted by atomic mass is 10.0. The van der Waals surface area contributed by atoms with Gasteiger partial charge in [-0.2, -0.15) is 0 Å². The quantitative estimate of drug-likeness (QED) is 0.796. The van der Waals surface area contributed by atoms with E-state index >= 15 is 0 Å². The molecule has 3 rings (SSSR count). The van der Waals surface area contributed by atoms with Crippen molar-refractivity contribution in [2.24, 2.45) is 5.92 Å². The van der Waals surface area contributed by atoms with E-state index in [1.165, 1.54) is 11.1 Å². The number of likely N-dealkylation sites (N-methyl/N-ethyl adjacent to an activating group) is 1. The highest BCUT2D eigenvalue weighted by molar-refractivity contribution is 5.75. The number of amides is 2. The minimum absolute atomic E-state index is 0.0366. The van der Waals surface area contributed by atoms with Crippen LogP contribution >= 0.6 is 0 Å². The maximum Gasteiger partial charge on any atom is 0.318 e.